The van der Waals surface area contributed by atoms with Gasteiger partial charge in [-0.05, 0) is 29.8 Å². The minimum absolute atomic E-state index is 0.243. The van der Waals surface area contributed by atoms with Gasteiger partial charge in [0.15, 0.2) is 0 Å². The number of halogens is 1. The maximum atomic E-state index is 12.7. The number of hydrogen-bond donors (Lipinski definition) is 2. The molecule has 0 radical (unpaired) electrons. The second-order valence-electron chi connectivity index (χ2n) is 3.70. The van der Waals surface area contributed by atoms with E-state index in [1.165, 1.54) is 18.3 Å². The number of aromatic nitrogens is 1. The first-order valence-electron chi connectivity index (χ1n) is 5.40. The molecule has 2 N–H and O–H groups in total. The average Bonchev–Trinajstić information content (AvgIpc) is 2.40. The quantitative estimate of drug-likeness (QED) is 0.494. The summed E-state index contributed by atoms with van der Waals surface area (Å²) in [5, 5.41) is 14.4. The molecule has 5 heteroatoms. The lowest BCUT2D eigenvalue weighted by Crippen LogP contribution is -2.00. The van der Waals surface area contributed by atoms with E-state index in [9.17, 15) is 4.39 Å². The number of nitrogens with one attached hydrogen (secondary N) is 1. The molecule has 18 heavy (non-hydrogen) atoms. The van der Waals surface area contributed by atoms with Crippen molar-refractivity contribution in [2.75, 3.05) is 5.32 Å². The lowest BCUT2D eigenvalue weighted by atomic mass is 10.2. The van der Waals surface area contributed by atoms with Crippen LogP contribution in [0.15, 0.2) is 47.8 Å². The zero-order valence-electron chi connectivity index (χ0n) is 9.55. The Labute approximate surface area is 104 Å². The first-order valence-corrected chi connectivity index (χ1v) is 5.40. The maximum Gasteiger partial charge on any atom is 0.123 e. The van der Waals surface area contributed by atoms with Gasteiger partial charge in [-0.2, -0.15) is 0 Å². The summed E-state index contributed by atoms with van der Waals surface area (Å²) in [5.41, 5.74) is 2.40. The van der Waals surface area contributed by atoms with Crippen LogP contribution in [0.1, 0.15) is 11.3 Å². The van der Waals surface area contributed by atoms with Gasteiger partial charge in [-0.25, -0.2) is 4.39 Å². The van der Waals surface area contributed by atoms with Crippen LogP contribution in [0.3, 0.4) is 0 Å². The third-order valence-corrected chi connectivity index (χ3v) is 2.39. The SMILES string of the molecule is O/N=C\c1ccc(NCc2ccc(F)cc2)cn1. The van der Waals surface area contributed by atoms with Crippen LogP contribution in [0.4, 0.5) is 10.1 Å². The zero-order chi connectivity index (χ0) is 12.8. The summed E-state index contributed by atoms with van der Waals surface area (Å²) >= 11 is 0. The van der Waals surface area contributed by atoms with E-state index in [2.05, 4.69) is 15.5 Å². The van der Waals surface area contributed by atoms with Crippen molar-refractivity contribution in [3.05, 3.63) is 59.7 Å². The number of benzene rings is 1. The fraction of sp³-hybridized carbons (Fsp3) is 0.0769. The van der Waals surface area contributed by atoms with Crippen LogP contribution in [0.2, 0.25) is 0 Å². The number of anilines is 1. The van der Waals surface area contributed by atoms with E-state index < -0.39 is 0 Å². The van der Waals surface area contributed by atoms with Gasteiger partial charge in [0.05, 0.1) is 23.8 Å². The third kappa shape index (κ3) is 3.28. The molecule has 0 atom stereocenters. The summed E-state index contributed by atoms with van der Waals surface area (Å²) in [6, 6.07) is 9.86. The number of nitrogens with zero attached hydrogens (tertiary/aromatic N) is 2. The van der Waals surface area contributed by atoms with Crippen LogP contribution >= 0.6 is 0 Å². The topological polar surface area (TPSA) is 57.5 Å². The van der Waals surface area contributed by atoms with E-state index in [0.29, 0.717) is 12.2 Å². The molecule has 0 saturated heterocycles. The molecule has 2 rings (SSSR count). The maximum absolute atomic E-state index is 12.7. The summed E-state index contributed by atoms with van der Waals surface area (Å²) in [4.78, 5) is 4.06. The molecule has 1 aromatic carbocycles. The highest BCUT2D eigenvalue weighted by molar-refractivity contribution is 5.76. The molecule has 1 heterocycles. The summed E-state index contributed by atoms with van der Waals surface area (Å²) in [6.07, 6.45) is 2.89. The van der Waals surface area contributed by atoms with Crippen molar-refractivity contribution in [2.24, 2.45) is 5.16 Å². The van der Waals surface area contributed by atoms with E-state index >= 15 is 0 Å². The fourth-order valence-electron chi connectivity index (χ4n) is 1.45. The summed E-state index contributed by atoms with van der Waals surface area (Å²) in [5.74, 6) is -0.243. The lowest BCUT2D eigenvalue weighted by Gasteiger charge is -2.06. The van der Waals surface area contributed by atoms with E-state index in [1.807, 2.05) is 6.07 Å². The molecule has 0 bridgehead atoms. The normalized spacial score (nSPS) is 10.7. The Kier molecular flexibility index (Phi) is 3.86. The number of rotatable bonds is 4. The number of hydrogen-bond acceptors (Lipinski definition) is 4. The largest absolute Gasteiger partial charge is 0.411 e. The van der Waals surface area contributed by atoms with Crippen molar-refractivity contribution in [1.82, 2.24) is 4.98 Å². The highest BCUT2D eigenvalue weighted by Gasteiger charge is 1.96. The molecule has 0 aliphatic carbocycles. The predicted octanol–water partition coefficient (Wildman–Crippen LogP) is 2.64. The Bertz CT molecular complexity index is 523. The van der Waals surface area contributed by atoms with Crippen molar-refractivity contribution in [3.8, 4) is 0 Å². The third-order valence-electron chi connectivity index (χ3n) is 2.39. The Morgan fingerprint density at radius 3 is 2.61 bits per heavy atom. The first-order chi connectivity index (χ1) is 8.78. The molecule has 2 aromatic rings. The Balaban J connectivity index is 1.95. The van der Waals surface area contributed by atoms with E-state index in [0.717, 1.165) is 11.3 Å². The Hall–Kier alpha value is -2.43. The number of oxime groups is 1. The van der Waals surface area contributed by atoms with Crippen LogP contribution in [0.25, 0.3) is 0 Å². The highest BCUT2D eigenvalue weighted by atomic mass is 19.1. The fourth-order valence-corrected chi connectivity index (χ4v) is 1.45. The van der Waals surface area contributed by atoms with Gasteiger partial charge in [0.2, 0.25) is 0 Å². The minimum Gasteiger partial charge on any atom is -0.411 e. The zero-order valence-corrected chi connectivity index (χ0v) is 9.55. The Morgan fingerprint density at radius 2 is 2.00 bits per heavy atom. The van der Waals surface area contributed by atoms with Crippen molar-refractivity contribution in [1.29, 1.82) is 0 Å². The van der Waals surface area contributed by atoms with Gasteiger partial charge in [0.25, 0.3) is 0 Å². The van der Waals surface area contributed by atoms with Crippen molar-refractivity contribution >= 4 is 11.9 Å². The van der Waals surface area contributed by atoms with Gasteiger partial charge in [0, 0.05) is 6.54 Å². The van der Waals surface area contributed by atoms with E-state index in [4.69, 9.17) is 5.21 Å². The first kappa shape index (κ1) is 12.0. The molecule has 1 aromatic heterocycles. The molecule has 0 saturated carbocycles. The van der Waals surface area contributed by atoms with Crippen molar-refractivity contribution in [2.45, 2.75) is 6.54 Å². The summed E-state index contributed by atoms with van der Waals surface area (Å²) in [7, 11) is 0. The van der Waals surface area contributed by atoms with Gasteiger partial charge in [0.1, 0.15) is 5.82 Å². The van der Waals surface area contributed by atoms with Gasteiger partial charge >= 0.3 is 0 Å². The van der Waals surface area contributed by atoms with Gasteiger partial charge < -0.3 is 10.5 Å². The highest BCUT2D eigenvalue weighted by Crippen LogP contribution is 2.09. The van der Waals surface area contributed by atoms with Crippen LogP contribution in [0, 0.1) is 5.82 Å². The number of pyridine rings is 1. The summed E-state index contributed by atoms with van der Waals surface area (Å²) in [6.45, 7) is 0.593. The smallest absolute Gasteiger partial charge is 0.123 e. The van der Waals surface area contributed by atoms with Crippen molar-refractivity contribution in [3.63, 3.8) is 0 Å². The molecule has 0 spiro atoms. The van der Waals surface area contributed by atoms with Crippen LogP contribution < -0.4 is 5.32 Å². The second-order valence-corrected chi connectivity index (χ2v) is 3.70. The molecule has 0 amide bonds. The minimum atomic E-state index is -0.243. The van der Waals surface area contributed by atoms with Crippen LogP contribution in [-0.2, 0) is 6.54 Å². The monoisotopic (exact) mass is 245 g/mol. The van der Waals surface area contributed by atoms with Gasteiger partial charge in [-0.3, -0.25) is 4.98 Å². The van der Waals surface area contributed by atoms with E-state index in [-0.39, 0.29) is 5.82 Å². The second kappa shape index (κ2) is 5.77. The average molecular weight is 245 g/mol. The molecule has 4 nitrogen and oxygen atoms in total. The van der Waals surface area contributed by atoms with E-state index in [1.54, 1.807) is 24.4 Å². The van der Waals surface area contributed by atoms with Gasteiger partial charge in [-0.1, -0.05) is 17.3 Å². The summed E-state index contributed by atoms with van der Waals surface area (Å²) < 4.78 is 12.7. The van der Waals surface area contributed by atoms with Crippen LogP contribution in [0.5, 0.6) is 0 Å². The van der Waals surface area contributed by atoms with Crippen molar-refractivity contribution < 1.29 is 9.60 Å². The molecular weight excluding hydrogens is 233 g/mol. The lowest BCUT2D eigenvalue weighted by molar-refractivity contribution is 0.321. The van der Waals surface area contributed by atoms with Gasteiger partial charge in [-0.15, -0.1) is 0 Å². The van der Waals surface area contributed by atoms with Crippen LogP contribution in [-0.4, -0.2) is 16.4 Å². The molecule has 0 fully saturated rings. The molecule has 92 valence electrons. The standard InChI is InChI=1S/C13H12FN3O/c14-11-3-1-10(2-4-11)7-15-12-5-6-13(9-17-18)16-8-12/h1-6,8-9,15,18H,7H2/b17-9-. The molecule has 0 aliphatic heterocycles. The molecule has 0 unspecified atom stereocenters. The molecule has 0 aliphatic rings. The predicted molar refractivity (Wildman–Crippen MR) is 67.3 cm³/mol. The Morgan fingerprint density at radius 1 is 1.22 bits per heavy atom. The molecular formula is C13H12FN3O.